The molecule has 156 valence electrons. The molecule has 1 saturated heterocycles. The van der Waals surface area contributed by atoms with Crippen molar-refractivity contribution in [1.82, 2.24) is 9.88 Å². The number of ether oxygens (including phenoxy) is 2. The molecule has 2 aromatic carbocycles. The molecule has 0 aliphatic carbocycles. The predicted molar refractivity (Wildman–Crippen MR) is 118 cm³/mol. The van der Waals surface area contributed by atoms with Crippen LogP contribution in [0.15, 0.2) is 60.0 Å². The number of rotatable bonds is 8. The second-order valence-electron chi connectivity index (χ2n) is 7.14. The van der Waals surface area contributed by atoms with Gasteiger partial charge in [-0.2, -0.15) is 0 Å². The van der Waals surface area contributed by atoms with Gasteiger partial charge in [0, 0.05) is 31.4 Å². The quantitative estimate of drug-likeness (QED) is 0.600. The number of anilines is 1. The first-order valence-corrected chi connectivity index (χ1v) is 10.9. The summed E-state index contributed by atoms with van der Waals surface area (Å²) in [6, 6.07) is 18.0. The zero-order valence-electron chi connectivity index (χ0n) is 16.8. The van der Waals surface area contributed by atoms with Gasteiger partial charge in [0.25, 0.3) is 5.91 Å². The number of nitrogens with zero attached hydrogens (tertiary/aromatic N) is 2. The van der Waals surface area contributed by atoms with Crippen molar-refractivity contribution in [3.05, 3.63) is 76.8 Å². The van der Waals surface area contributed by atoms with Crippen molar-refractivity contribution in [3.63, 3.8) is 0 Å². The largest absolute Gasteiger partial charge is 0.483 e. The first-order valence-electron chi connectivity index (χ1n) is 10.1. The van der Waals surface area contributed by atoms with Crippen LogP contribution < -0.4 is 10.1 Å². The van der Waals surface area contributed by atoms with Crippen LogP contribution in [-0.4, -0.2) is 48.7 Å². The molecule has 1 N–H and O–H groups in total. The van der Waals surface area contributed by atoms with Gasteiger partial charge in [-0.1, -0.05) is 48.5 Å². The molecule has 30 heavy (non-hydrogen) atoms. The molecule has 0 saturated carbocycles. The van der Waals surface area contributed by atoms with E-state index >= 15 is 0 Å². The molecule has 0 unspecified atom stereocenters. The lowest BCUT2D eigenvalue weighted by molar-refractivity contribution is -0.118. The van der Waals surface area contributed by atoms with Crippen LogP contribution in [0.1, 0.15) is 16.8 Å². The van der Waals surface area contributed by atoms with Gasteiger partial charge < -0.3 is 9.47 Å². The van der Waals surface area contributed by atoms with E-state index < -0.39 is 0 Å². The van der Waals surface area contributed by atoms with Gasteiger partial charge in [-0.25, -0.2) is 4.98 Å². The minimum atomic E-state index is -0.211. The third kappa shape index (κ3) is 5.89. The zero-order chi connectivity index (χ0) is 20.6. The number of benzene rings is 2. The van der Waals surface area contributed by atoms with E-state index in [1.54, 1.807) is 0 Å². The van der Waals surface area contributed by atoms with Crippen LogP contribution in [0.2, 0.25) is 0 Å². The van der Waals surface area contributed by atoms with Crippen molar-refractivity contribution in [2.45, 2.75) is 13.0 Å². The van der Waals surface area contributed by atoms with Gasteiger partial charge in [-0.3, -0.25) is 15.0 Å². The lowest BCUT2D eigenvalue weighted by atomic mass is 10.0. The Bertz CT molecular complexity index is 955. The average molecular weight is 424 g/mol. The normalized spacial score (nSPS) is 14.4. The molecule has 1 aromatic heterocycles. The van der Waals surface area contributed by atoms with Crippen LogP contribution in [-0.2, 0) is 22.5 Å². The Labute approximate surface area is 180 Å². The number of nitrogens with one attached hydrogen (secondary N) is 1. The lowest BCUT2D eigenvalue weighted by Crippen LogP contribution is -2.35. The number of para-hydroxylation sites is 1. The minimum Gasteiger partial charge on any atom is -0.483 e. The highest BCUT2D eigenvalue weighted by atomic mass is 32.1. The molecular formula is C23H25N3O3S. The summed E-state index contributed by atoms with van der Waals surface area (Å²) in [5.41, 5.74) is 3.22. The van der Waals surface area contributed by atoms with Gasteiger partial charge in [0.1, 0.15) is 5.75 Å². The standard InChI is InChI=1S/C23H25N3O3S/c27-22(25-23-24-20(17-30-23)15-26-10-12-28-13-11-26)16-29-21-9-5-4-8-19(21)14-18-6-2-1-3-7-18/h1-9,17H,10-16H2,(H,24,25,27). The molecule has 7 heteroatoms. The molecule has 4 rings (SSSR count). The summed E-state index contributed by atoms with van der Waals surface area (Å²) in [5.74, 6) is 0.514. The zero-order valence-corrected chi connectivity index (χ0v) is 17.6. The number of carbonyl (C=O) groups is 1. The molecule has 2 heterocycles. The van der Waals surface area contributed by atoms with Gasteiger partial charge in [-0.15, -0.1) is 11.3 Å². The van der Waals surface area contributed by atoms with E-state index in [1.165, 1.54) is 16.9 Å². The molecular weight excluding hydrogens is 398 g/mol. The maximum Gasteiger partial charge on any atom is 0.264 e. The number of morpholine rings is 1. The van der Waals surface area contributed by atoms with E-state index in [4.69, 9.17) is 9.47 Å². The summed E-state index contributed by atoms with van der Waals surface area (Å²) in [6.45, 7) is 4.07. The fraction of sp³-hybridized carbons (Fsp3) is 0.304. The highest BCUT2D eigenvalue weighted by Crippen LogP contribution is 2.22. The molecule has 3 aromatic rings. The SMILES string of the molecule is O=C(COc1ccccc1Cc1ccccc1)Nc1nc(CN2CCOCC2)cs1. The number of amides is 1. The van der Waals surface area contributed by atoms with Crippen LogP contribution in [0.5, 0.6) is 5.75 Å². The summed E-state index contributed by atoms with van der Waals surface area (Å²) in [7, 11) is 0. The van der Waals surface area contributed by atoms with E-state index in [1.807, 2.05) is 47.8 Å². The Morgan fingerprint density at radius 1 is 1.10 bits per heavy atom. The Balaban J connectivity index is 1.29. The first kappa shape index (κ1) is 20.5. The smallest absolute Gasteiger partial charge is 0.264 e. The molecule has 1 aliphatic rings. The number of hydrogen-bond donors (Lipinski definition) is 1. The topological polar surface area (TPSA) is 63.7 Å². The van der Waals surface area contributed by atoms with E-state index in [2.05, 4.69) is 27.3 Å². The highest BCUT2D eigenvalue weighted by molar-refractivity contribution is 7.13. The van der Waals surface area contributed by atoms with Gasteiger partial charge >= 0.3 is 0 Å². The lowest BCUT2D eigenvalue weighted by Gasteiger charge is -2.25. The number of hydrogen-bond acceptors (Lipinski definition) is 6. The summed E-state index contributed by atoms with van der Waals surface area (Å²) < 4.78 is 11.2. The Morgan fingerprint density at radius 2 is 1.87 bits per heavy atom. The van der Waals surface area contributed by atoms with Gasteiger partial charge in [0.05, 0.1) is 18.9 Å². The van der Waals surface area contributed by atoms with E-state index in [0.29, 0.717) is 5.13 Å². The first-order chi connectivity index (χ1) is 14.8. The Hall–Kier alpha value is -2.74. The second kappa shape index (κ2) is 10.3. The maximum atomic E-state index is 12.4. The molecule has 1 amide bonds. The van der Waals surface area contributed by atoms with Crippen molar-refractivity contribution < 1.29 is 14.3 Å². The third-order valence-corrected chi connectivity index (χ3v) is 5.66. The monoisotopic (exact) mass is 423 g/mol. The predicted octanol–water partition coefficient (Wildman–Crippen LogP) is 3.58. The number of aromatic nitrogens is 1. The van der Waals surface area contributed by atoms with Crippen LogP contribution >= 0.6 is 11.3 Å². The Kier molecular flexibility index (Phi) is 7.07. The molecule has 1 aliphatic heterocycles. The number of carbonyl (C=O) groups excluding carboxylic acids is 1. The highest BCUT2D eigenvalue weighted by Gasteiger charge is 2.14. The molecule has 1 fully saturated rings. The molecule has 0 bridgehead atoms. The van der Waals surface area contributed by atoms with Crippen molar-refractivity contribution in [3.8, 4) is 5.75 Å². The van der Waals surface area contributed by atoms with Gasteiger partial charge in [-0.05, 0) is 17.2 Å². The summed E-state index contributed by atoms with van der Waals surface area (Å²) in [5, 5.41) is 5.43. The minimum absolute atomic E-state index is 0.0514. The van der Waals surface area contributed by atoms with Crippen molar-refractivity contribution in [1.29, 1.82) is 0 Å². The Morgan fingerprint density at radius 3 is 2.70 bits per heavy atom. The maximum absolute atomic E-state index is 12.4. The van der Waals surface area contributed by atoms with Crippen LogP contribution in [0.25, 0.3) is 0 Å². The van der Waals surface area contributed by atoms with Crippen LogP contribution in [0.4, 0.5) is 5.13 Å². The van der Waals surface area contributed by atoms with Crippen LogP contribution in [0.3, 0.4) is 0 Å². The molecule has 0 radical (unpaired) electrons. The van der Waals surface area contributed by atoms with E-state index in [0.717, 1.165) is 56.3 Å². The fourth-order valence-electron chi connectivity index (χ4n) is 3.33. The number of thiazole rings is 1. The van der Waals surface area contributed by atoms with E-state index in [9.17, 15) is 4.79 Å². The van der Waals surface area contributed by atoms with Crippen molar-refractivity contribution in [2.24, 2.45) is 0 Å². The second-order valence-corrected chi connectivity index (χ2v) is 8.00. The van der Waals surface area contributed by atoms with Crippen molar-refractivity contribution in [2.75, 3.05) is 38.2 Å². The summed E-state index contributed by atoms with van der Waals surface area (Å²) >= 11 is 1.44. The van der Waals surface area contributed by atoms with Crippen LogP contribution in [0, 0.1) is 0 Å². The van der Waals surface area contributed by atoms with Gasteiger partial charge in [0.15, 0.2) is 11.7 Å². The molecule has 6 nitrogen and oxygen atoms in total. The summed E-state index contributed by atoms with van der Waals surface area (Å²) in [6.07, 6.45) is 0.760. The van der Waals surface area contributed by atoms with Gasteiger partial charge in [0.2, 0.25) is 0 Å². The summed E-state index contributed by atoms with van der Waals surface area (Å²) in [4.78, 5) is 19.2. The third-order valence-electron chi connectivity index (χ3n) is 4.86. The molecule has 0 atom stereocenters. The van der Waals surface area contributed by atoms with E-state index in [-0.39, 0.29) is 12.5 Å². The average Bonchev–Trinajstić information content (AvgIpc) is 3.21. The van der Waals surface area contributed by atoms with Crippen molar-refractivity contribution >= 4 is 22.4 Å². The molecule has 0 spiro atoms. The fourth-order valence-corrected chi connectivity index (χ4v) is 4.05.